The topological polar surface area (TPSA) is 79.3 Å². The van der Waals surface area contributed by atoms with Gasteiger partial charge in [-0.3, -0.25) is 9.69 Å². The molecule has 0 heterocycles. The first-order valence-electron chi connectivity index (χ1n) is 7.34. The number of nitrogens with two attached hydrogens (primary N) is 1. The Morgan fingerprint density at radius 3 is 2.86 bits per heavy atom. The lowest BCUT2D eigenvalue weighted by atomic mass is 10.2. The molecular weight excluding hydrogens is 266 g/mol. The number of ether oxygens (including phenoxy) is 1. The molecule has 112 valence electrons. The molecule has 5 nitrogen and oxygen atoms in total. The molecule has 0 unspecified atom stereocenters. The first kappa shape index (κ1) is 15.3. The minimum Gasteiger partial charge on any atom is -0.492 e. The van der Waals surface area contributed by atoms with Gasteiger partial charge in [-0.05, 0) is 31.0 Å². The van der Waals surface area contributed by atoms with Crippen molar-refractivity contribution in [2.75, 3.05) is 19.7 Å². The van der Waals surface area contributed by atoms with Crippen molar-refractivity contribution in [3.05, 3.63) is 29.8 Å². The van der Waals surface area contributed by atoms with E-state index in [1.54, 1.807) is 18.2 Å². The van der Waals surface area contributed by atoms with Crippen molar-refractivity contribution < 1.29 is 9.53 Å². The Balaban J connectivity index is 1.86. The number of amides is 1. The van der Waals surface area contributed by atoms with Gasteiger partial charge in [-0.15, -0.1) is 0 Å². The predicted molar refractivity (Wildman–Crippen MR) is 79.7 cm³/mol. The maximum atomic E-state index is 11.2. The SMILES string of the molecule is N#Cc1cccc(OCCN(CC(N)=O)C2CCCC2)c1. The van der Waals surface area contributed by atoms with Crippen LogP contribution in [0.5, 0.6) is 5.75 Å². The molecule has 0 aromatic heterocycles. The van der Waals surface area contributed by atoms with Crippen LogP contribution in [-0.2, 0) is 4.79 Å². The summed E-state index contributed by atoms with van der Waals surface area (Å²) in [6, 6.07) is 9.61. The second-order valence-electron chi connectivity index (χ2n) is 5.36. The third-order valence-corrected chi connectivity index (χ3v) is 3.81. The van der Waals surface area contributed by atoms with E-state index < -0.39 is 0 Å². The zero-order valence-electron chi connectivity index (χ0n) is 12.1. The summed E-state index contributed by atoms with van der Waals surface area (Å²) in [5.74, 6) is 0.382. The summed E-state index contributed by atoms with van der Waals surface area (Å²) in [5, 5.41) is 8.85. The number of carbonyl (C=O) groups excluding carboxylic acids is 1. The van der Waals surface area contributed by atoms with Crippen LogP contribution in [0.15, 0.2) is 24.3 Å². The smallest absolute Gasteiger partial charge is 0.231 e. The molecule has 5 heteroatoms. The molecule has 0 spiro atoms. The van der Waals surface area contributed by atoms with Crippen molar-refractivity contribution in [3.63, 3.8) is 0 Å². The van der Waals surface area contributed by atoms with Gasteiger partial charge in [0.2, 0.25) is 5.91 Å². The summed E-state index contributed by atoms with van der Waals surface area (Å²) in [6.45, 7) is 1.44. The van der Waals surface area contributed by atoms with Gasteiger partial charge in [0.25, 0.3) is 0 Å². The van der Waals surface area contributed by atoms with Crippen LogP contribution in [0, 0.1) is 11.3 Å². The lowest BCUT2D eigenvalue weighted by Crippen LogP contribution is -2.42. The average molecular weight is 287 g/mol. The normalized spacial score (nSPS) is 15.0. The van der Waals surface area contributed by atoms with Crippen molar-refractivity contribution >= 4 is 5.91 Å². The number of primary amides is 1. The maximum absolute atomic E-state index is 11.2. The number of hydrogen-bond donors (Lipinski definition) is 1. The number of hydrogen-bond acceptors (Lipinski definition) is 4. The molecule has 0 atom stereocenters. The summed E-state index contributed by atoms with van der Waals surface area (Å²) in [6.07, 6.45) is 4.67. The van der Waals surface area contributed by atoms with Crippen LogP contribution in [0.4, 0.5) is 0 Å². The highest BCUT2D eigenvalue weighted by Crippen LogP contribution is 2.23. The second kappa shape index (κ2) is 7.65. The Morgan fingerprint density at radius 1 is 1.43 bits per heavy atom. The van der Waals surface area contributed by atoms with E-state index in [4.69, 9.17) is 15.7 Å². The zero-order valence-corrected chi connectivity index (χ0v) is 12.1. The van der Waals surface area contributed by atoms with Crippen molar-refractivity contribution in [1.29, 1.82) is 5.26 Å². The molecule has 0 radical (unpaired) electrons. The highest BCUT2D eigenvalue weighted by Gasteiger charge is 2.23. The molecule has 0 bridgehead atoms. The van der Waals surface area contributed by atoms with Gasteiger partial charge < -0.3 is 10.5 Å². The maximum Gasteiger partial charge on any atom is 0.231 e. The Labute approximate surface area is 125 Å². The third kappa shape index (κ3) is 4.76. The highest BCUT2D eigenvalue weighted by atomic mass is 16.5. The minimum absolute atomic E-state index is 0.284. The lowest BCUT2D eigenvalue weighted by molar-refractivity contribution is -0.119. The van der Waals surface area contributed by atoms with E-state index >= 15 is 0 Å². The number of nitrogens with zero attached hydrogens (tertiary/aromatic N) is 2. The number of carbonyl (C=O) groups is 1. The van der Waals surface area contributed by atoms with E-state index in [0.29, 0.717) is 30.5 Å². The lowest BCUT2D eigenvalue weighted by Gasteiger charge is -2.27. The van der Waals surface area contributed by atoms with Crippen LogP contribution in [0.2, 0.25) is 0 Å². The van der Waals surface area contributed by atoms with E-state index in [-0.39, 0.29) is 12.5 Å². The molecule has 1 aliphatic carbocycles. The predicted octanol–water partition coefficient (Wildman–Crippen LogP) is 1.67. The van der Waals surface area contributed by atoms with E-state index in [0.717, 1.165) is 12.8 Å². The molecule has 1 amide bonds. The van der Waals surface area contributed by atoms with E-state index in [9.17, 15) is 4.79 Å². The van der Waals surface area contributed by atoms with Crippen molar-refractivity contribution in [3.8, 4) is 11.8 Å². The number of benzene rings is 1. The summed E-state index contributed by atoms with van der Waals surface area (Å²) in [4.78, 5) is 13.3. The highest BCUT2D eigenvalue weighted by molar-refractivity contribution is 5.75. The van der Waals surface area contributed by atoms with Crippen LogP contribution < -0.4 is 10.5 Å². The zero-order chi connectivity index (χ0) is 15.1. The Hall–Kier alpha value is -2.06. The summed E-state index contributed by atoms with van der Waals surface area (Å²) < 4.78 is 5.68. The standard InChI is InChI=1S/C16H21N3O2/c17-11-13-4-3-7-15(10-13)21-9-8-19(12-16(18)20)14-5-1-2-6-14/h3-4,7,10,14H,1-2,5-6,8-9,12H2,(H2,18,20). The summed E-state index contributed by atoms with van der Waals surface area (Å²) in [7, 11) is 0. The average Bonchev–Trinajstić information content (AvgIpc) is 3.00. The van der Waals surface area contributed by atoms with Gasteiger partial charge in [-0.2, -0.15) is 5.26 Å². The Kier molecular flexibility index (Phi) is 5.59. The summed E-state index contributed by atoms with van der Waals surface area (Å²) in [5.41, 5.74) is 5.91. The first-order chi connectivity index (χ1) is 10.2. The van der Waals surface area contributed by atoms with Gasteiger partial charge in [0.1, 0.15) is 12.4 Å². The quantitative estimate of drug-likeness (QED) is 0.827. The Morgan fingerprint density at radius 2 is 2.19 bits per heavy atom. The summed E-state index contributed by atoms with van der Waals surface area (Å²) >= 11 is 0. The van der Waals surface area contributed by atoms with Gasteiger partial charge in [0.05, 0.1) is 18.2 Å². The number of rotatable bonds is 7. The van der Waals surface area contributed by atoms with Gasteiger partial charge >= 0.3 is 0 Å². The molecule has 1 fully saturated rings. The molecule has 0 aliphatic heterocycles. The van der Waals surface area contributed by atoms with Crippen LogP contribution in [0.25, 0.3) is 0 Å². The largest absolute Gasteiger partial charge is 0.492 e. The van der Waals surface area contributed by atoms with E-state index in [2.05, 4.69) is 11.0 Å². The van der Waals surface area contributed by atoms with Crippen LogP contribution in [0.3, 0.4) is 0 Å². The van der Waals surface area contributed by atoms with Gasteiger partial charge in [-0.1, -0.05) is 18.9 Å². The van der Waals surface area contributed by atoms with E-state index in [1.807, 2.05) is 6.07 Å². The first-order valence-corrected chi connectivity index (χ1v) is 7.34. The van der Waals surface area contributed by atoms with Gasteiger partial charge in [-0.25, -0.2) is 0 Å². The van der Waals surface area contributed by atoms with Gasteiger partial charge in [0, 0.05) is 12.6 Å². The van der Waals surface area contributed by atoms with Crippen molar-refractivity contribution in [2.45, 2.75) is 31.7 Å². The molecule has 0 saturated heterocycles. The van der Waals surface area contributed by atoms with Crippen molar-refractivity contribution in [1.82, 2.24) is 4.90 Å². The fourth-order valence-corrected chi connectivity index (χ4v) is 2.80. The molecular formula is C16H21N3O2. The van der Waals surface area contributed by atoms with Crippen LogP contribution in [-0.4, -0.2) is 36.5 Å². The molecule has 1 aromatic rings. The van der Waals surface area contributed by atoms with Crippen LogP contribution in [0.1, 0.15) is 31.2 Å². The van der Waals surface area contributed by atoms with E-state index in [1.165, 1.54) is 12.8 Å². The molecule has 21 heavy (non-hydrogen) atoms. The molecule has 1 aromatic carbocycles. The molecule has 2 rings (SSSR count). The molecule has 1 aliphatic rings. The van der Waals surface area contributed by atoms with Crippen LogP contribution >= 0.6 is 0 Å². The second-order valence-corrected chi connectivity index (χ2v) is 5.36. The van der Waals surface area contributed by atoms with Crippen molar-refractivity contribution in [2.24, 2.45) is 5.73 Å². The molecule has 2 N–H and O–H groups in total. The molecule has 1 saturated carbocycles. The fraction of sp³-hybridized carbons (Fsp3) is 0.500. The fourth-order valence-electron chi connectivity index (χ4n) is 2.80. The third-order valence-electron chi connectivity index (χ3n) is 3.81. The number of nitriles is 1. The Bertz CT molecular complexity index is 518. The monoisotopic (exact) mass is 287 g/mol. The van der Waals surface area contributed by atoms with Gasteiger partial charge in [0.15, 0.2) is 0 Å². The minimum atomic E-state index is -0.298.